The topological polar surface area (TPSA) is 0 Å². The number of hydrogen-bond donors (Lipinski definition) is 0. The van der Waals surface area contributed by atoms with E-state index < -0.39 is 0 Å². The van der Waals surface area contributed by atoms with E-state index in [4.69, 9.17) is 0 Å². The summed E-state index contributed by atoms with van der Waals surface area (Å²) in [5.41, 5.74) is 6.46. The predicted molar refractivity (Wildman–Crippen MR) is 91.8 cm³/mol. The number of hydrogen-bond acceptors (Lipinski definition) is 0. The minimum atomic E-state index is 1.12. The second-order valence-electron chi connectivity index (χ2n) is 5.49. The van der Waals surface area contributed by atoms with E-state index in [1.54, 1.807) is 0 Å². The fourth-order valence-corrected chi connectivity index (χ4v) is 2.80. The van der Waals surface area contributed by atoms with Gasteiger partial charge in [0.1, 0.15) is 0 Å². The van der Waals surface area contributed by atoms with Crippen LogP contribution >= 0.6 is 0 Å². The molecule has 1 aliphatic carbocycles. The fraction of sp³-hybridized carbons (Fsp3) is 0.143. The summed E-state index contributed by atoms with van der Waals surface area (Å²) in [6.07, 6.45) is 8.01. The summed E-state index contributed by atoms with van der Waals surface area (Å²) in [6.45, 7) is 4.33. The molecular weight excluding hydrogens is 252 g/mol. The van der Waals surface area contributed by atoms with Crippen LogP contribution in [-0.2, 0) is 0 Å². The Hall–Kier alpha value is -2.34. The minimum Gasteiger partial charge on any atom is -0.0912 e. The number of allylic oxidation sites excluding steroid dienone is 3. The number of benzene rings is 2. The Labute approximate surface area is 127 Å². The van der Waals surface area contributed by atoms with Gasteiger partial charge in [0.05, 0.1) is 0 Å². The Morgan fingerprint density at radius 1 is 0.667 bits per heavy atom. The van der Waals surface area contributed by atoms with Crippen molar-refractivity contribution < 1.29 is 0 Å². The summed E-state index contributed by atoms with van der Waals surface area (Å²) in [6, 6.07) is 21.0. The summed E-state index contributed by atoms with van der Waals surface area (Å²) >= 11 is 0. The zero-order chi connectivity index (χ0) is 14.5. The molecule has 2 aromatic carbocycles. The first kappa shape index (κ1) is 13.6. The molecule has 0 amide bonds. The van der Waals surface area contributed by atoms with Crippen molar-refractivity contribution in [2.24, 2.45) is 0 Å². The molecule has 104 valence electrons. The van der Waals surface area contributed by atoms with E-state index in [9.17, 15) is 0 Å². The van der Waals surface area contributed by atoms with Gasteiger partial charge in [-0.1, -0.05) is 79.4 Å². The van der Waals surface area contributed by atoms with Crippen molar-refractivity contribution in [3.8, 4) is 0 Å². The molecule has 0 nitrogen and oxygen atoms in total. The van der Waals surface area contributed by atoms with Crippen molar-refractivity contribution in [2.45, 2.75) is 19.3 Å². The predicted octanol–water partition coefficient (Wildman–Crippen LogP) is 5.89. The molecule has 1 fully saturated rings. The molecule has 3 rings (SSSR count). The van der Waals surface area contributed by atoms with E-state index >= 15 is 0 Å². The Morgan fingerprint density at radius 3 is 1.52 bits per heavy atom. The van der Waals surface area contributed by atoms with Gasteiger partial charge in [0.15, 0.2) is 0 Å². The van der Waals surface area contributed by atoms with Crippen LogP contribution < -0.4 is 0 Å². The van der Waals surface area contributed by atoms with Crippen molar-refractivity contribution in [1.29, 1.82) is 0 Å². The van der Waals surface area contributed by atoms with Crippen LogP contribution in [0.25, 0.3) is 12.2 Å². The highest BCUT2D eigenvalue weighted by Crippen LogP contribution is 2.34. The molecular formula is C21H20. The molecule has 0 aromatic heterocycles. The van der Waals surface area contributed by atoms with Gasteiger partial charge in [-0.05, 0) is 47.1 Å². The van der Waals surface area contributed by atoms with Crippen molar-refractivity contribution in [1.82, 2.24) is 0 Å². The molecule has 21 heavy (non-hydrogen) atoms. The van der Waals surface area contributed by atoms with Gasteiger partial charge in [-0.3, -0.25) is 0 Å². The van der Waals surface area contributed by atoms with E-state index in [2.05, 4.69) is 79.4 Å². The second-order valence-corrected chi connectivity index (χ2v) is 5.49. The lowest BCUT2D eigenvalue weighted by Crippen LogP contribution is -2.01. The van der Waals surface area contributed by atoms with Gasteiger partial charge in [-0.15, -0.1) is 0 Å². The van der Waals surface area contributed by atoms with Crippen molar-refractivity contribution >= 4 is 12.2 Å². The largest absolute Gasteiger partial charge is 0.0912 e. The Balaban J connectivity index is 1.88. The molecule has 0 atom stereocenters. The Bertz CT molecular complexity index is 613. The fourth-order valence-electron chi connectivity index (χ4n) is 2.80. The van der Waals surface area contributed by atoms with Crippen molar-refractivity contribution in [3.05, 3.63) is 95.1 Å². The third-order valence-electron chi connectivity index (χ3n) is 3.95. The van der Waals surface area contributed by atoms with E-state index in [0.29, 0.717) is 0 Å². The summed E-state index contributed by atoms with van der Waals surface area (Å²) in [4.78, 5) is 0. The SMILES string of the molecule is C=C1/C(=C\c2ccccc2)CCC/C1=C\c1ccccc1. The highest BCUT2D eigenvalue weighted by atomic mass is 14.2. The summed E-state index contributed by atoms with van der Waals surface area (Å²) in [5, 5.41) is 0. The third kappa shape index (κ3) is 3.41. The first-order valence-corrected chi connectivity index (χ1v) is 7.54. The molecule has 1 aliphatic rings. The molecule has 0 heteroatoms. The lowest BCUT2D eigenvalue weighted by Gasteiger charge is -2.21. The monoisotopic (exact) mass is 272 g/mol. The Morgan fingerprint density at radius 2 is 1.10 bits per heavy atom. The van der Waals surface area contributed by atoms with Gasteiger partial charge < -0.3 is 0 Å². The van der Waals surface area contributed by atoms with Gasteiger partial charge in [0.2, 0.25) is 0 Å². The molecule has 0 saturated heterocycles. The zero-order valence-corrected chi connectivity index (χ0v) is 12.3. The maximum absolute atomic E-state index is 4.33. The van der Waals surface area contributed by atoms with Gasteiger partial charge in [-0.2, -0.15) is 0 Å². The lowest BCUT2D eigenvalue weighted by atomic mass is 9.84. The normalized spacial score (nSPS) is 19.1. The lowest BCUT2D eigenvalue weighted by molar-refractivity contribution is 0.782. The molecule has 0 N–H and O–H groups in total. The third-order valence-corrected chi connectivity index (χ3v) is 3.95. The van der Waals surface area contributed by atoms with Gasteiger partial charge in [-0.25, -0.2) is 0 Å². The summed E-state index contributed by atoms with van der Waals surface area (Å²) in [5.74, 6) is 0. The van der Waals surface area contributed by atoms with Crippen molar-refractivity contribution in [3.63, 3.8) is 0 Å². The second kappa shape index (κ2) is 6.41. The van der Waals surface area contributed by atoms with Crippen molar-refractivity contribution in [2.75, 3.05) is 0 Å². The van der Waals surface area contributed by atoms with Gasteiger partial charge >= 0.3 is 0 Å². The maximum atomic E-state index is 4.33. The molecule has 2 aromatic rings. The summed E-state index contributed by atoms with van der Waals surface area (Å²) in [7, 11) is 0. The first-order valence-electron chi connectivity index (χ1n) is 7.54. The smallest absolute Gasteiger partial charge is 0.0254 e. The van der Waals surface area contributed by atoms with Crippen LogP contribution in [0.5, 0.6) is 0 Å². The van der Waals surface area contributed by atoms with Crippen LogP contribution in [0.2, 0.25) is 0 Å². The van der Waals surface area contributed by atoms with Crippen LogP contribution in [0.1, 0.15) is 30.4 Å². The first-order chi connectivity index (χ1) is 10.3. The Kier molecular flexibility index (Phi) is 4.16. The molecule has 0 heterocycles. The average molecular weight is 272 g/mol. The van der Waals surface area contributed by atoms with E-state index in [0.717, 1.165) is 12.8 Å². The highest BCUT2D eigenvalue weighted by molar-refractivity contribution is 5.68. The maximum Gasteiger partial charge on any atom is -0.0254 e. The molecule has 0 unspecified atom stereocenters. The highest BCUT2D eigenvalue weighted by Gasteiger charge is 2.14. The van der Waals surface area contributed by atoms with Crippen LogP contribution in [0.3, 0.4) is 0 Å². The molecule has 0 bridgehead atoms. The molecule has 0 radical (unpaired) electrons. The van der Waals surface area contributed by atoms with E-state index in [-0.39, 0.29) is 0 Å². The van der Waals surface area contributed by atoms with Crippen LogP contribution in [0, 0.1) is 0 Å². The van der Waals surface area contributed by atoms with Crippen LogP contribution in [-0.4, -0.2) is 0 Å². The van der Waals surface area contributed by atoms with Crippen LogP contribution in [0.4, 0.5) is 0 Å². The quantitative estimate of drug-likeness (QED) is 0.639. The minimum absolute atomic E-state index is 1.12. The zero-order valence-electron chi connectivity index (χ0n) is 12.3. The van der Waals surface area contributed by atoms with Gasteiger partial charge in [0.25, 0.3) is 0 Å². The average Bonchev–Trinajstić information content (AvgIpc) is 2.53. The van der Waals surface area contributed by atoms with E-state index in [1.165, 1.54) is 34.3 Å². The standard InChI is InChI=1S/C21H20/c1-17-20(15-18-9-4-2-5-10-18)13-8-14-21(17)16-19-11-6-3-7-12-19/h2-7,9-12,15-16H,1,8,13-14H2/b20-15-,21-16+. The molecule has 0 aliphatic heterocycles. The summed E-state index contributed by atoms with van der Waals surface area (Å²) < 4.78 is 0. The van der Waals surface area contributed by atoms with E-state index in [1.807, 2.05) is 0 Å². The molecule has 0 spiro atoms. The van der Waals surface area contributed by atoms with Gasteiger partial charge in [0, 0.05) is 0 Å². The number of rotatable bonds is 2. The van der Waals surface area contributed by atoms with Crippen LogP contribution in [0.15, 0.2) is 84.0 Å². The molecule has 1 saturated carbocycles.